The third kappa shape index (κ3) is 4.24. The molecular weight excluding hydrogens is 317 g/mol. The molecule has 1 aromatic rings. The van der Waals surface area contributed by atoms with Crippen molar-refractivity contribution in [2.75, 3.05) is 24.3 Å². The van der Waals surface area contributed by atoms with Crippen LogP contribution in [-0.4, -0.2) is 41.1 Å². The molecule has 0 saturated carbocycles. The fourth-order valence-corrected chi connectivity index (χ4v) is 4.71. The molecule has 0 spiro atoms. The number of halogens is 1. The van der Waals surface area contributed by atoms with Crippen LogP contribution in [0, 0.1) is 5.82 Å². The van der Waals surface area contributed by atoms with Gasteiger partial charge in [0.15, 0.2) is 9.84 Å². The molecule has 0 aromatic heterocycles. The lowest BCUT2D eigenvalue weighted by molar-refractivity contribution is 0.487. The Morgan fingerprint density at radius 3 is 2.76 bits per heavy atom. The highest BCUT2D eigenvalue weighted by atomic mass is 32.2. The summed E-state index contributed by atoms with van der Waals surface area (Å²) in [6, 6.07) is 3.41. The van der Waals surface area contributed by atoms with E-state index in [2.05, 4.69) is 5.32 Å². The average molecular weight is 335 g/mol. The third-order valence-corrected chi connectivity index (χ3v) is 6.29. The number of nitrogens with one attached hydrogen (secondary N) is 1. The molecule has 1 aliphatic rings. The van der Waals surface area contributed by atoms with Crippen LogP contribution in [0.25, 0.3) is 0 Å². The van der Waals surface area contributed by atoms with Gasteiger partial charge in [-0.15, -0.1) is 0 Å². The van der Waals surface area contributed by atoms with Gasteiger partial charge in [0.25, 0.3) is 0 Å². The Morgan fingerprint density at radius 2 is 2.10 bits per heavy atom. The van der Waals surface area contributed by atoms with E-state index in [0.29, 0.717) is 24.9 Å². The van der Waals surface area contributed by atoms with E-state index >= 15 is 0 Å². The molecule has 0 fully saturated rings. The smallest absolute Gasteiger partial charge is 0.178 e. The topological polar surface area (TPSA) is 80.3 Å². The maximum atomic E-state index is 13.4. The summed E-state index contributed by atoms with van der Waals surface area (Å²) in [5.74, 6) is -0.398. The molecule has 1 N–H and O–H groups in total. The van der Waals surface area contributed by atoms with Gasteiger partial charge in [0.1, 0.15) is 15.7 Å². The van der Waals surface area contributed by atoms with Crippen LogP contribution in [0.3, 0.4) is 0 Å². The Hall–Kier alpha value is -0.990. The first kappa shape index (κ1) is 16.4. The van der Waals surface area contributed by atoms with Crippen molar-refractivity contribution < 1.29 is 21.2 Å². The van der Waals surface area contributed by atoms with E-state index in [1.807, 2.05) is 0 Å². The minimum absolute atomic E-state index is 0.00930. The van der Waals surface area contributed by atoms with Crippen molar-refractivity contribution in [3.05, 3.63) is 29.6 Å². The molecule has 0 saturated heterocycles. The minimum Gasteiger partial charge on any atom is -0.310 e. The maximum absolute atomic E-state index is 13.4. The van der Waals surface area contributed by atoms with Gasteiger partial charge in [-0.05, 0) is 43.1 Å². The van der Waals surface area contributed by atoms with Gasteiger partial charge >= 0.3 is 0 Å². The molecule has 0 aliphatic carbocycles. The predicted octanol–water partition coefficient (Wildman–Crippen LogP) is 1.07. The first-order valence-electron chi connectivity index (χ1n) is 6.62. The molecule has 1 aromatic carbocycles. The first-order chi connectivity index (χ1) is 9.69. The van der Waals surface area contributed by atoms with Crippen molar-refractivity contribution in [1.29, 1.82) is 0 Å². The van der Waals surface area contributed by atoms with Crippen LogP contribution in [0.5, 0.6) is 0 Å². The zero-order valence-corrected chi connectivity index (χ0v) is 13.3. The molecule has 1 atom stereocenters. The van der Waals surface area contributed by atoms with E-state index in [1.165, 1.54) is 18.4 Å². The van der Waals surface area contributed by atoms with Crippen LogP contribution in [0.15, 0.2) is 23.1 Å². The molecule has 1 heterocycles. The quantitative estimate of drug-likeness (QED) is 0.643. The van der Waals surface area contributed by atoms with E-state index < -0.39 is 25.5 Å². The fourth-order valence-electron chi connectivity index (χ4n) is 2.44. The van der Waals surface area contributed by atoms with Gasteiger partial charge in [-0.1, -0.05) is 0 Å². The summed E-state index contributed by atoms with van der Waals surface area (Å²) in [6.45, 7) is 0.438. The molecular formula is C13H18FNO4S2. The summed E-state index contributed by atoms with van der Waals surface area (Å²) < 4.78 is 59.4. The SMILES string of the molecule is CS(=O)(=O)CCCNC1CCS(=O)(=O)c2ccc(F)cc21. The summed E-state index contributed by atoms with van der Waals surface area (Å²) in [4.78, 5) is 0.163. The lowest BCUT2D eigenvalue weighted by atomic mass is 10.0. The Bertz CT molecular complexity index is 729. The largest absolute Gasteiger partial charge is 0.310 e. The fraction of sp³-hybridized carbons (Fsp3) is 0.538. The highest BCUT2D eigenvalue weighted by Crippen LogP contribution is 2.32. The Labute approximate surface area is 124 Å². The molecule has 8 heteroatoms. The normalized spacial score (nSPS) is 21.0. The van der Waals surface area contributed by atoms with E-state index in [-0.39, 0.29) is 22.4 Å². The monoisotopic (exact) mass is 335 g/mol. The van der Waals surface area contributed by atoms with Gasteiger partial charge in [0, 0.05) is 12.3 Å². The van der Waals surface area contributed by atoms with E-state index in [0.717, 1.165) is 6.07 Å². The van der Waals surface area contributed by atoms with Gasteiger partial charge < -0.3 is 5.32 Å². The summed E-state index contributed by atoms with van der Waals surface area (Å²) in [5.41, 5.74) is 0.431. The highest BCUT2D eigenvalue weighted by Gasteiger charge is 2.30. The summed E-state index contributed by atoms with van der Waals surface area (Å²) >= 11 is 0. The van der Waals surface area contributed by atoms with Crippen LogP contribution in [0.2, 0.25) is 0 Å². The molecule has 2 rings (SSSR count). The first-order valence-corrected chi connectivity index (χ1v) is 10.3. The van der Waals surface area contributed by atoms with E-state index in [4.69, 9.17) is 0 Å². The van der Waals surface area contributed by atoms with Crippen molar-refractivity contribution in [3.8, 4) is 0 Å². The Morgan fingerprint density at radius 1 is 1.38 bits per heavy atom. The Kier molecular flexibility index (Phi) is 4.69. The average Bonchev–Trinajstić information content (AvgIpc) is 2.35. The van der Waals surface area contributed by atoms with E-state index in [1.54, 1.807) is 0 Å². The molecule has 5 nitrogen and oxygen atoms in total. The second-order valence-electron chi connectivity index (χ2n) is 5.28. The van der Waals surface area contributed by atoms with Crippen molar-refractivity contribution in [2.45, 2.75) is 23.8 Å². The van der Waals surface area contributed by atoms with E-state index in [9.17, 15) is 21.2 Å². The van der Waals surface area contributed by atoms with Crippen molar-refractivity contribution in [3.63, 3.8) is 0 Å². The standard InChI is InChI=1S/C13H18FNO4S2/c1-20(16,17)7-2-6-15-12-5-8-21(18,19)13-4-3-10(14)9-11(12)13/h3-4,9,12,15H,2,5-8H2,1H3. The second kappa shape index (κ2) is 6.02. The number of hydrogen-bond acceptors (Lipinski definition) is 5. The summed E-state index contributed by atoms with van der Waals surface area (Å²) in [5, 5.41) is 3.12. The summed E-state index contributed by atoms with van der Waals surface area (Å²) in [6.07, 6.45) is 1.97. The number of benzene rings is 1. The lowest BCUT2D eigenvalue weighted by Gasteiger charge is -2.26. The number of sulfone groups is 2. The van der Waals surface area contributed by atoms with Gasteiger partial charge in [0.05, 0.1) is 16.4 Å². The number of fused-ring (bicyclic) bond motifs is 1. The zero-order valence-electron chi connectivity index (χ0n) is 11.7. The molecule has 118 valence electrons. The van der Waals surface area contributed by atoms with Crippen molar-refractivity contribution in [2.24, 2.45) is 0 Å². The minimum atomic E-state index is -3.35. The van der Waals surface area contributed by atoms with Crippen LogP contribution < -0.4 is 5.32 Å². The molecule has 0 amide bonds. The number of rotatable bonds is 5. The third-order valence-electron chi connectivity index (χ3n) is 3.44. The van der Waals surface area contributed by atoms with Gasteiger partial charge in [-0.25, -0.2) is 21.2 Å². The summed E-state index contributed by atoms with van der Waals surface area (Å²) in [7, 11) is -6.36. The van der Waals surface area contributed by atoms with Gasteiger partial charge in [-0.3, -0.25) is 0 Å². The highest BCUT2D eigenvalue weighted by molar-refractivity contribution is 7.91. The van der Waals surface area contributed by atoms with Crippen molar-refractivity contribution >= 4 is 19.7 Å². The van der Waals surface area contributed by atoms with Crippen LogP contribution in [0.1, 0.15) is 24.4 Å². The molecule has 1 aliphatic heterocycles. The van der Waals surface area contributed by atoms with Crippen molar-refractivity contribution in [1.82, 2.24) is 5.32 Å². The maximum Gasteiger partial charge on any atom is 0.178 e. The Balaban J connectivity index is 2.11. The van der Waals surface area contributed by atoms with Gasteiger partial charge in [0.2, 0.25) is 0 Å². The number of hydrogen-bond donors (Lipinski definition) is 1. The second-order valence-corrected chi connectivity index (χ2v) is 9.62. The predicted molar refractivity (Wildman–Crippen MR) is 78.1 cm³/mol. The molecule has 0 radical (unpaired) electrons. The van der Waals surface area contributed by atoms with Gasteiger partial charge in [-0.2, -0.15) is 0 Å². The lowest BCUT2D eigenvalue weighted by Crippen LogP contribution is -2.31. The molecule has 21 heavy (non-hydrogen) atoms. The van der Waals surface area contributed by atoms with Crippen LogP contribution in [-0.2, 0) is 19.7 Å². The molecule has 1 unspecified atom stereocenters. The zero-order chi connectivity index (χ0) is 15.7. The van der Waals surface area contributed by atoms with Crippen LogP contribution in [0.4, 0.5) is 4.39 Å². The van der Waals surface area contributed by atoms with Crippen LogP contribution >= 0.6 is 0 Å². The molecule has 0 bridgehead atoms.